The van der Waals surface area contributed by atoms with Gasteiger partial charge < -0.3 is 8.92 Å². The van der Waals surface area contributed by atoms with E-state index in [0.717, 1.165) is 18.2 Å². The van der Waals surface area contributed by atoms with Crippen LogP contribution in [0.15, 0.2) is 47.4 Å². The summed E-state index contributed by atoms with van der Waals surface area (Å²) in [6, 6.07) is 6.98. The Kier molecular flexibility index (Phi) is 5.07. The minimum Gasteiger partial charge on any atom is -0.493 e. The van der Waals surface area contributed by atoms with Crippen molar-refractivity contribution in [2.45, 2.75) is 18.0 Å². The summed E-state index contributed by atoms with van der Waals surface area (Å²) in [5, 5.41) is 0. The lowest BCUT2D eigenvalue weighted by Gasteiger charge is -2.13. The monoisotopic (exact) mass is 374 g/mol. The van der Waals surface area contributed by atoms with Crippen molar-refractivity contribution < 1.29 is 35.3 Å². The van der Waals surface area contributed by atoms with E-state index in [1.165, 1.54) is 32.2 Å². The summed E-state index contributed by atoms with van der Waals surface area (Å²) >= 11 is 0. The van der Waals surface area contributed by atoms with E-state index in [1.807, 2.05) is 0 Å². The van der Waals surface area contributed by atoms with Gasteiger partial charge in [-0.25, -0.2) is 0 Å². The van der Waals surface area contributed by atoms with E-state index in [-0.39, 0.29) is 22.8 Å². The SMILES string of the molecule is COc1cc(C(C)=O)ccc1OS(=O)(=O)c1cccc(C(F)(F)F)c1. The highest BCUT2D eigenvalue weighted by atomic mass is 32.2. The summed E-state index contributed by atoms with van der Waals surface area (Å²) in [6.07, 6.45) is -4.69. The van der Waals surface area contributed by atoms with Gasteiger partial charge in [0.2, 0.25) is 0 Å². The Morgan fingerprint density at radius 1 is 1.04 bits per heavy atom. The third kappa shape index (κ3) is 4.30. The molecule has 0 unspecified atom stereocenters. The maximum Gasteiger partial charge on any atom is 0.416 e. The Bertz CT molecular complexity index is 904. The average Bonchev–Trinajstić information content (AvgIpc) is 2.54. The van der Waals surface area contributed by atoms with Gasteiger partial charge in [0.1, 0.15) is 4.90 Å². The van der Waals surface area contributed by atoms with Crippen molar-refractivity contribution >= 4 is 15.9 Å². The summed E-state index contributed by atoms with van der Waals surface area (Å²) in [4.78, 5) is 10.7. The first-order chi connectivity index (χ1) is 11.5. The van der Waals surface area contributed by atoms with Crippen LogP contribution in [0.2, 0.25) is 0 Å². The minimum atomic E-state index is -4.69. The second kappa shape index (κ2) is 6.75. The van der Waals surface area contributed by atoms with Crippen molar-refractivity contribution in [2.24, 2.45) is 0 Å². The Hall–Kier alpha value is -2.55. The van der Waals surface area contributed by atoms with Gasteiger partial charge in [-0.05, 0) is 43.3 Å². The number of carbonyl (C=O) groups excluding carboxylic acids is 1. The molecule has 2 aromatic carbocycles. The van der Waals surface area contributed by atoms with E-state index in [2.05, 4.69) is 0 Å². The van der Waals surface area contributed by atoms with Gasteiger partial charge in [0.05, 0.1) is 12.7 Å². The predicted molar refractivity (Wildman–Crippen MR) is 82.3 cm³/mol. The highest BCUT2D eigenvalue weighted by molar-refractivity contribution is 7.87. The third-order valence-corrected chi connectivity index (χ3v) is 4.45. The number of halogens is 3. The Labute approximate surface area is 142 Å². The summed E-state index contributed by atoms with van der Waals surface area (Å²) < 4.78 is 72.6. The quantitative estimate of drug-likeness (QED) is 0.590. The number of methoxy groups -OCH3 is 1. The van der Waals surface area contributed by atoms with Crippen LogP contribution in [-0.4, -0.2) is 21.3 Å². The maximum absolute atomic E-state index is 12.7. The van der Waals surface area contributed by atoms with Gasteiger partial charge in [0.15, 0.2) is 17.3 Å². The molecule has 0 heterocycles. The fourth-order valence-corrected chi connectivity index (χ4v) is 2.94. The van der Waals surface area contributed by atoms with Crippen LogP contribution in [0.4, 0.5) is 13.2 Å². The van der Waals surface area contributed by atoms with Gasteiger partial charge in [-0.15, -0.1) is 0 Å². The Balaban J connectivity index is 2.41. The van der Waals surface area contributed by atoms with Crippen molar-refractivity contribution in [3.8, 4) is 11.5 Å². The molecular weight excluding hydrogens is 361 g/mol. The normalized spacial score (nSPS) is 11.9. The first-order valence-corrected chi connectivity index (χ1v) is 8.26. The van der Waals surface area contributed by atoms with Crippen molar-refractivity contribution in [3.63, 3.8) is 0 Å². The number of benzene rings is 2. The van der Waals surface area contributed by atoms with Crippen molar-refractivity contribution in [2.75, 3.05) is 7.11 Å². The molecule has 134 valence electrons. The van der Waals surface area contributed by atoms with Crippen LogP contribution in [0.25, 0.3) is 0 Å². The summed E-state index contributed by atoms with van der Waals surface area (Å²) in [5.74, 6) is -0.557. The minimum absolute atomic E-state index is 0.0387. The predicted octanol–water partition coefficient (Wildman–Crippen LogP) is 3.68. The zero-order chi connectivity index (χ0) is 18.8. The summed E-state index contributed by atoms with van der Waals surface area (Å²) in [6.45, 7) is 1.31. The van der Waals surface area contributed by atoms with E-state index >= 15 is 0 Å². The summed E-state index contributed by atoms with van der Waals surface area (Å²) in [5.41, 5.74) is -0.850. The lowest BCUT2D eigenvalue weighted by Crippen LogP contribution is -2.13. The number of alkyl halides is 3. The maximum atomic E-state index is 12.7. The number of ketones is 1. The van der Waals surface area contributed by atoms with E-state index in [0.29, 0.717) is 6.07 Å². The molecule has 5 nitrogen and oxygen atoms in total. The molecular formula is C16H13F3O5S. The second-order valence-corrected chi connectivity index (χ2v) is 6.53. The van der Waals surface area contributed by atoms with Gasteiger partial charge in [-0.3, -0.25) is 4.79 Å². The number of hydrogen-bond acceptors (Lipinski definition) is 5. The van der Waals surface area contributed by atoms with Crippen molar-refractivity contribution in [1.82, 2.24) is 0 Å². The van der Waals surface area contributed by atoms with Gasteiger partial charge in [0.25, 0.3) is 0 Å². The molecule has 0 N–H and O–H groups in total. The molecule has 0 amide bonds. The average molecular weight is 374 g/mol. The van der Waals surface area contributed by atoms with Crippen LogP contribution >= 0.6 is 0 Å². The number of Topliss-reactive ketones (excluding diaryl/α,β-unsaturated/α-hetero) is 1. The second-order valence-electron chi connectivity index (χ2n) is 4.98. The molecule has 0 bridgehead atoms. The highest BCUT2D eigenvalue weighted by Crippen LogP contribution is 2.33. The third-order valence-electron chi connectivity index (χ3n) is 3.22. The van der Waals surface area contributed by atoms with Crippen LogP contribution in [0.5, 0.6) is 11.5 Å². The molecule has 0 saturated carbocycles. The van der Waals surface area contributed by atoms with E-state index in [4.69, 9.17) is 8.92 Å². The first-order valence-electron chi connectivity index (χ1n) is 6.85. The van der Waals surface area contributed by atoms with Gasteiger partial charge >= 0.3 is 16.3 Å². The Morgan fingerprint density at radius 2 is 1.72 bits per heavy atom. The molecule has 0 spiro atoms. The zero-order valence-electron chi connectivity index (χ0n) is 13.1. The largest absolute Gasteiger partial charge is 0.493 e. The van der Waals surface area contributed by atoms with Gasteiger partial charge in [0, 0.05) is 5.56 Å². The van der Waals surface area contributed by atoms with E-state index < -0.39 is 26.8 Å². The number of hydrogen-bond donors (Lipinski definition) is 0. The van der Waals surface area contributed by atoms with Crippen LogP contribution in [0.1, 0.15) is 22.8 Å². The molecule has 25 heavy (non-hydrogen) atoms. The topological polar surface area (TPSA) is 69.7 Å². The molecule has 9 heteroatoms. The molecule has 0 aliphatic carbocycles. The molecule has 0 aliphatic rings. The van der Waals surface area contributed by atoms with Crippen LogP contribution in [0, 0.1) is 0 Å². The van der Waals surface area contributed by atoms with Crippen LogP contribution in [-0.2, 0) is 16.3 Å². The van der Waals surface area contributed by atoms with Crippen LogP contribution in [0.3, 0.4) is 0 Å². The first kappa shape index (κ1) is 18.8. The lowest BCUT2D eigenvalue weighted by molar-refractivity contribution is -0.137. The summed E-state index contributed by atoms with van der Waals surface area (Å²) in [7, 11) is -3.29. The number of ether oxygens (including phenoxy) is 1. The molecule has 0 aromatic heterocycles. The van der Waals surface area contributed by atoms with Gasteiger partial charge in [-0.2, -0.15) is 21.6 Å². The molecule has 2 rings (SSSR count). The number of carbonyl (C=O) groups is 1. The van der Waals surface area contributed by atoms with Crippen molar-refractivity contribution in [3.05, 3.63) is 53.6 Å². The molecule has 2 aromatic rings. The van der Waals surface area contributed by atoms with Crippen LogP contribution < -0.4 is 8.92 Å². The van der Waals surface area contributed by atoms with Crippen molar-refractivity contribution in [1.29, 1.82) is 0 Å². The molecule has 0 radical (unpaired) electrons. The molecule has 0 aliphatic heterocycles. The molecule has 0 fully saturated rings. The van der Waals surface area contributed by atoms with E-state index in [9.17, 15) is 26.4 Å². The zero-order valence-corrected chi connectivity index (χ0v) is 13.9. The highest BCUT2D eigenvalue weighted by Gasteiger charge is 2.32. The standard InChI is InChI=1S/C16H13F3O5S/c1-10(20)11-6-7-14(15(8-11)23-2)24-25(21,22)13-5-3-4-12(9-13)16(17,18)19/h3-9H,1-2H3. The Morgan fingerprint density at radius 3 is 2.28 bits per heavy atom. The van der Waals surface area contributed by atoms with E-state index in [1.54, 1.807) is 0 Å². The number of rotatable bonds is 5. The van der Waals surface area contributed by atoms with Gasteiger partial charge in [-0.1, -0.05) is 6.07 Å². The molecule has 0 atom stereocenters. The fraction of sp³-hybridized carbons (Fsp3) is 0.188. The lowest BCUT2D eigenvalue weighted by atomic mass is 10.1. The molecule has 0 saturated heterocycles. The fourth-order valence-electron chi connectivity index (χ4n) is 1.95. The smallest absolute Gasteiger partial charge is 0.416 e.